The summed E-state index contributed by atoms with van der Waals surface area (Å²) in [4.78, 5) is 0. The molecule has 1 atom stereocenters. The van der Waals surface area contributed by atoms with Crippen molar-refractivity contribution in [2.24, 2.45) is 0 Å². The summed E-state index contributed by atoms with van der Waals surface area (Å²) in [5.41, 5.74) is 0. The van der Waals surface area contributed by atoms with Crippen LogP contribution in [0.5, 0.6) is 0 Å². The van der Waals surface area contributed by atoms with E-state index in [-0.39, 0.29) is 6.42 Å². The predicted octanol–water partition coefficient (Wildman–Crippen LogP) is 0.259. The van der Waals surface area contributed by atoms with Gasteiger partial charge in [0, 0.05) is 12.6 Å². The van der Waals surface area contributed by atoms with Crippen LogP contribution in [0.25, 0.3) is 0 Å². The minimum absolute atomic E-state index is 0.208. The molecule has 0 aliphatic heterocycles. The summed E-state index contributed by atoms with van der Waals surface area (Å²) in [6.45, 7) is 4.50. The molecule has 3 nitrogen and oxygen atoms in total. The molecule has 2 N–H and O–H groups in total. The van der Waals surface area contributed by atoms with E-state index in [1.807, 2.05) is 19.9 Å². The third-order valence-corrected chi connectivity index (χ3v) is 1.09. The highest BCUT2D eigenvalue weighted by Crippen LogP contribution is 1.87. The van der Waals surface area contributed by atoms with Crippen LogP contribution in [0.3, 0.4) is 0 Å². The van der Waals surface area contributed by atoms with Crippen molar-refractivity contribution in [3.05, 3.63) is 0 Å². The molecule has 0 amide bonds. The second kappa shape index (κ2) is 5.21. The second-order valence-corrected chi connectivity index (χ2v) is 2.58. The number of rotatable bonds is 4. The third-order valence-electron chi connectivity index (χ3n) is 1.09. The number of hydrogen-bond donors (Lipinski definition) is 2. The molecule has 0 heterocycles. The van der Waals surface area contributed by atoms with Crippen LogP contribution in [0.2, 0.25) is 0 Å². The Bertz CT molecular complexity index is 117. The summed E-state index contributed by atoms with van der Waals surface area (Å²) in [5, 5.41) is 20.2. The molecule has 0 aromatic heterocycles. The van der Waals surface area contributed by atoms with Crippen LogP contribution in [-0.4, -0.2) is 23.8 Å². The van der Waals surface area contributed by atoms with E-state index in [0.29, 0.717) is 12.6 Å². The van der Waals surface area contributed by atoms with Gasteiger partial charge in [-0.2, -0.15) is 5.26 Å². The van der Waals surface area contributed by atoms with Gasteiger partial charge in [-0.1, -0.05) is 13.8 Å². The van der Waals surface area contributed by atoms with E-state index in [1.165, 1.54) is 0 Å². The average molecular weight is 142 g/mol. The monoisotopic (exact) mass is 142 g/mol. The molecule has 0 saturated heterocycles. The van der Waals surface area contributed by atoms with E-state index in [0.717, 1.165) is 0 Å². The van der Waals surface area contributed by atoms with Crippen LogP contribution in [-0.2, 0) is 0 Å². The van der Waals surface area contributed by atoms with Crippen molar-refractivity contribution in [2.45, 2.75) is 32.4 Å². The standard InChI is InChI=1S/C7H14N2O/c1-6(2)9-5-7(10)3-4-8/h6-7,9-10H,3,5H2,1-2H3/t7-/m0/s1. The fourth-order valence-electron chi connectivity index (χ4n) is 0.549. The lowest BCUT2D eigenvalue weighted by Crippen LogP contribution is -2.31. The largest absolute Gasteiger partial charge is 0.391 e. The predicted molar refractivity (Wildman–Crippen MR) is 39.4 cm³/mol. The van der Waals surface area contributed by atoms with Crippen LogP contribution in [0.4, 0.5) is 0 Å². The van der Waals surface area contributed by atoms with Gasteiger partial charge in [0.05, 0.1) is 18.6 Å². The van der Waals surface area contributed by atoms with E-state index in [1.54, 1.807) is 0 Å². The Morgan fingerprint density at radius 2 is 2.20 bits per heavy atom. The van der Waals surface area contributed by atoms with Crippen LogP contribution in [0, 0.1) is 11.3 Å². The lowest BCUT2D eigenvalue weighted by molar-refractivity contribution is 0.173. The average Bonchev–Trinajstić information content (AvgIpc) is 1.85. The molecule has 0 aromatic rings. The summed E-state index contributed by atoms with van der Waals surface area (Å²) < 4.78 is 0. The quantitative estimate of drug-likeness (QED) is 0.592. The molecule has 10 heavy (non-hydrogen) atoms. The Morgan fingerprint density at radius 3 is 2.60 bits per heavy atom. The van der Waals surface area contributed by atoms with Gasteiger partial charge < -0.3 is 10.4 Å². The Balaban J connectivity index is 3.23. The zero-order chi connectivity index (χ0) is 7.98. The first-order valence-electron chi connectivity index (χ1n) is 3.45. The van der Waals surface area contributed by atoms with Crippen molar-refractivity contribution in [3.8, 4) is 6.07 Å². The van der Waals surface area contributed by atoms with Gasteiger partial charge in [-0.15, -0.1) is 0 Å². The maximum absolute atomic E-state index is 9.01. The van der Waals surface area contributed by atoms with Crippen molar-refractivity contribution in [2.75, 3.05) is 6.54 Å². The zero-order valence-electron chi connectivity index (χ0n) is 6.46. The fourth-order valence-corrected chi connectivity index (χ4v) is 0.549. The Morgan fingerprint density at radius 1 is 1.60 bits per heavy atom. The van der Waals surface area contributed by atoms with Crippen molar-refractivity contribution >= 4 is 0 Å². The molecule has 0 spiro atoms. The first-order chi connectivity index (χ1) is 4.66. The zero-order valence-corrected chi connectivity index (χ0v) is 6.46. The highest BCUT2D eigenvalue weighted by molar-refractivity contribution is 4.76. The topological polar surface area (TPSA) is 56.0 Å². The van der Waals surface area contributed by atoms with Gasteiger partial charge in [0.15, 0.2) is 0 Å². The fraction of sp³-hybridized carbons (Fsp3) is 0.857. The minimum atomic E-state index is -0.521. The number of aliphatic hydroxyl groups excluding tert-OH is 1. The lowest BCUT2D eigenvalue weighted by Gasteiger charge is -2.10. The smallest absolute Gasteiger partial charge is 0.0794 e. The van der Waals surface area contributed by atoms with Crippen molar-refractivity contribution in [3.63, 3.8) is 0 Å². The summed E-state index contributed by atoms with van der Waals surface area (Å²) >= 11 is 0. The van der Waals surface area contributed by atoms with Crippen molar-refractivity contribution in [1.82, 2.24) is 5.32 Å². The van der Waals surface area contributed by atoms with Crippen LogP contribution in [0.15, 0.2) is 0 Å². The van der Waals surface area contributed by atoms with Gasteiger partial charge in [0.2, 0.25) is 0 Å². The van der Waals surface area contributed by atoms with Gasteiger partial charge in [0.1, 0.15) is 0 Å². The molecule has 3 heteroatoms. The van der Waals surface area contributed by atoms with Crippen LogP contribution < -0.4 is 5.32 Å². The Kier molecular flexibility index (Phi) is 4.91. The maximum atomic E-state index is 9.01. The Labute approximate surface area is 61.7 Å². The number of nitrogens with zero attached hydrogens (tertiary/aromatic N) is 1. The summed E-state index contributed by atoms with van der Waals surface area (Å²) in [6, 6.07) is 2.27. The molecule has 58 valence electrons. The molecule has 0 fully saturated rings. The van der Waals surface area contributed by atoms with E-state index in [2.05, 4.69) is 5.32 Å². The van der Waals surface area contributed by atoms with Gasteiger partial charge in [-0.25, -0.2) is 0 Å². The van der Waals surface area contributed by atoms with Crippen molar-refractivity contribution < 1.29 is 5.11 Å². The molecule has 0 rings (SSSR count). The van der Waals surface area contributed by atoms with Crippen molar-refractivity contribution in [1.29, 1.82) is 5.26 Å². The highest BCUT2D eigenvalue weighted by atomic mass is 16.3. The summed E-state index contributed by atoms with van der Waals surface area (Å²) in [7, 11) is 0. The number of aliphatic hydroxyl groups is 1. The number of nitriles is 1. The maximum Gasteiger partial charge on any atom is 0.0794 e. The molecule has 0 aliphatic rings. The first kappa shape index (κ1) is 9.41. The van der Waals surface area contributed by atoms with Gasteiger partial charge >= 0.3 is 0 Å². The SMILES string of the molecule is CC(C)NC[C@@H](O)CC#N. The Hall–Kier alpha value is -0.590. The van der Waals surface area contributed by atoms with Gasteiger partial charge in [0.25, 0.3) is 0 Å². The molecule has 0 bridgehead atoms. The molecule has 0 aliphatic carbocycles. The number of nitrogens with one attached hydrogen (secondary N) is 1. The summed E-state index contributed by atoms with van der Waals surface area (Å²) in [6.07, 6.45) is -0.313. The third kappa shape index (κ3) is 5.54. The van der Waals surface area contributed by atoms with E-state index in [4.69, 9.17) is 10.4 Å². The molecular formula is C7H14N2O. The normalized spacial score (nSPS) is 13.1. The highest BCUT2D eigenvalue weighted by Gasteiger charge is 2.02. The lowest BCUT2D eigenvalue weighted by atomic mass is 10.2. The molecule has 0 radical (unpaired) electrons. The van der Waals surface area contributed by atoms with Crippen LogP contribution in [0.1, 0.15) is 20.3 Å². The van der Waals surface area contributed by atoms with E-state index < -0.39 is 6.10 Å². The van der Waals surface area contributed by atoms with Gasteiger partial charge in [-0.3, -0.25) is 0 Å². The van der Waals surface area contributed by atoms with Gasteiger partial charge in [-0.05, 0) is 0 Å². The summed E-state index contributed by atoms with van der Waals surface area (Å²) in [5.74, 6) is 0. The molecule has 0 unspecified atom stereocenters. The molecule has 0 saturated carbocycles. The second-order valence-electron chi connectivity index (χ2n) is 2.58. The van der Waals surface area contributed by atoms with Crippen LogP contribution >= 0.6 is 0 Å². The molecule has 0 aromatic carbocycles. The molecular weight excluding hydrogens is 128 g/mol. The number of hydrogen-bond acceptors (Lipinski definition) is 3. The first-order valence-corrected chi connectivity index (χ1v) is 3.45. The van der Waals surface area contributed by atoms with E-state index >= 15 is 0 Å². The minimum Gasteiger partial charge on any atom is -0.391 e. The van der Waals surface area contributed by atoms with E-state index in [9.17, 15) is 0 Å².